The van der Waals surface area contributed by atoms with E-state index in [1.807, 2.05) is 24.4 Å². The fraction of sp³-hybridized carbons (Fsp3) is 0.353. The van der Waals surface area contributed by atoms with Crippen LogP contribution in [0, 0.1) is 0 Å². The Morgan fingerprint density at radius 3 is 2.74 bits per heavy atom. The second-order valence-electron chi connectivity index (χ2n) is 5.73. The van der Waals surface area contributed by atoms with Crippen molar-refractivity contribution >= 4 is 0 Å². The average Bonchev–Trinajstić information content (AvgIpc) is 3.16. The molecule has 4 rings (SSSR count). The van der Waals surface area contributed by atoms with Gasteiger partial charge in [0.15, 0.2) is 0 Å². The number of aromatic nitrogens is 1. The summed E-state index contributed by atoms with van der Waals surface area (Å²) in [6.45, 7) is 0.597. The van der Waals surface area contributed by atoms with Gasteiger partial charge in [0, 0.05) is 12.3 Å². The van der Waals surface area contributed by atoms with Crippen LogP contribution in [0.25, 0.3) is 0 Å². The molecule has 1 aromatic carbocycles. The molecule has 1 heterocycles. The van der Waals surface area contributed by atoms with Gasteiger partial charge in [0.2, 0.25) is 5.88 Å². The Hall–Kier alpha value is -1.83. The average molecular weight is 251 g/mol. The molecule has 19 heavy (non-hydrogen) atoms. The third-order valence-corrected chi connectivity index (χ3v) is 4.49. The maximum absolute atomic E-state index is 5.83. The highest BCUT2D eigenvalue weighted by Crippen LogP contribution is 2.56. The molecule has 0 N–H and O–H groups in total. The number of ether oxygens (including phenoxy) is 1. The van der Waals surface area contributed by atoms with E-state index in [0.717, 1.165) is 5.88 Å². The molecule has 0 atom stereocenters. The normalized spacial score (nSPS) is 18.3. The van der Waals surface area contributed by atoms with E-state index in [2.05, 4.69) is 23.2 Å². The smallest absolute Gasteiger partial charge is 0.213 e. The fourth-order valence-electron chi connectivity index (χ4n) is 3.15. The Morgan fingerprint density at radius 2 is 1.95 bits per heavy atom. The van der Waals surface area contributed by atoms with Crippen molar-refractivity contribution in [1.29, 1.82) is 0 Å². The van der Waals surface area contributed by atoms with Gasteiger partial charge in [-0.1, -0.05) is 30.3 Å². The molecule has 2 aliphatic carbocycles. The highest BCUT2D eigenvalue weighted by molar-refractivity contribution is 5.44. The number of fused-ring (bicyclic) bond motifs is 2. The molecule has 1 saturated carbocycles. The lowest BCUT2D eigenvalue weighted by molar-refractivity contribution is 0.293. The molecule has 0 unspecified atom stereocenters. The lowest BCUT2D eigenvalue weighted by Gasteiger charge is -2.10. The van der Waals surface area contributed by atoms with E-state index in [4.69, 9.17) is 4.74 Å². The predicted molar refractivity (Wildman–Crippen MR) is 74.2 cm³/mol. The Labute approximate surface area is 113 Å². The van der Waals surface area contributed by atoms with Gasteiger partial charge in [0.05, 0.1) is 0 Å². The zero-order valence-corrected chi connectivity index (χ0v) is 10.9. The fourth-order valence-corrected chi connectivity index (χ4v) is 3.15. The molecule has 2 heteroatoms. The van der Waals surface area contributed by atoms with Gasteiger partial charge in [-0.3, -0.25) is 0 Å². The van der Waals surface area contributed by atoms with Gasteiger partial charge in [0.25, 0.3) is 0 Å². The summed E-state index contributed by atoms with van der Waals surface area (Å²) in [6, 6.07) is 12.4. The number of rotatable bonds is 3. The zero-order valence-electron chi connectivity index (χ0n) is 10.9. The standard InChI is InChI=1S/C17H17NO/c1-2-4-13(5-3-1)12-19-16-10-15-14(11-18-16)6-7-17(15)8-9-17/h1-5,10-11H,6-9,12H2. The minimum atomic E-state index is 0.503. The van der Waals surface area contributed by atoms with E-state index < -0.39 is 0 Å². The predicted octanol–water partition coefficient (Wildman–Crippen LogP) is 3.64. The van der Waals surface area contributed by atoms with Crippen molar-refractivity contribution in [2.75, 3.05) is 0 Å². The molecular formula is C17H17NO. The van der Waals surface area contributed by atoms with Crippen LogP contribution in [-0.2, 0) is 18.4 Å². The van der Waals surface area contributed by atoms with Crippen LogP contribution in [0.2, 0.25) is 0 Å². The molecule has 96 valence electrons. The van der Waals surface area contributed by atoms with Crippen molar-refractivity contribution in [3.05, 3.63) is 59.3 Å². The Kier molecular flexibility index (Phi) is 2.37. The van der Waals surface area contributed by atoms with E-state index in [-0.39, 0.29) is 0 Å². The van der Waals surface area contributed by atoms with E-state index in [9.17, 15) is 0 Å². The van der Waals surface area contributed by atoms with Gasteiger partial charge in [-0.15, -0.1) is 0 Å². The van der Waals surface area contributed by atoms with Gasteiger partial charge in [-0.05, 0) is 47.8 Å². The summed E-state index contributed by atoms with van der Waals surface area (Å²) in [6.07, 6.45) is 7.22. The van der Waals surface area contributed by atoms with Gasteiger partial charge in [-0.2, -0.15) is 0 Å². The SMILES string of the molecule is c1ccc(COc2cc3c(cn2)CCC32CC2)cc1. The van der Waals surface area contributed by atoms with Crippen molar-refractivity contribution in [3.8, 4) is 5.88 Å². The summed E-state index contributed by atoms with van der Waals surface area (Å²) in [4.78, 5) is 4.44. The minimum Gasteiger partial charge on any atom is -0.473 e. The number of aryl methyl sites for hydroxylation is 1. The van der Waals surface area contributed by atoms with E-state index in [1.54, 1.807) is 0 Å². The van der Waals surface area contributed by atoms with E-state index in [0.29, 0.717) is 12.0 Å². The topological polar surface area (TPSA) is 22.1 Å². The van der Waals surface area contributed by atoms with Crippen molar-refractivity contribution in [3.63, 3.8) is 0 Å². The summed E-state index contributed by atoms with van der Waals surface area (Å²) in [5.74, 6) is 0.774. The molecule has 0 saturated heterocycles. The number of hydrogen-bond donors (Lipinski definition) is 0. The third kappa shape index (κ3) is 1.92. The Bertz CT molecular complexity index is 602. The molecule has 1 fully saturated rings. The van der Waals surface area contributed by atoms with Crippen LogP contribution in [0.3, 0.4) is 0 Å². The van der Waals surface area contributed by atoms with Crippen molar-refractivity contribution in [1.82, 2.24) is 4.98 Å². The summed E-state index contributed by atoms with van der Waals surface area (Å²) in [5, 5.41) is 0. The highest BCUT2D eigenvalue weighted by Gasteiger charge is 2.48. The quantitative estimate of drug-likeness (QED) is 0.831. The summed E-state index contributed by atoms with van der Waals surface area (Å²) >= 11 is 0. The molecule has 1 spiro atoms. The summed E-state index contributed by atoms with van der Waals surface area (Å²) in [7, 11) is 0. The van der Waals surface area contributed by atoms with Crippen molar-refractivity contribution < 1.29 is 4.74 Å². The van der Waals surface area contributed by atoms with Crippen molar-refractivity contribution in [2.24, 2.45) is 0 Å². The van der Waals surface area contributed by atoms with Crippen LogP contribution in [0.1, 0.15) is 36.0 Å². The van der Waals surface area contributed by atoms with Crippen LogP contribution in [0.15, 0.2) is 42.6 Å². The highest BCUT2D eigenvalue weighted by atomic mass is 16.5. The minimum absolute atomic E-state index is 0.503. The second-order valence-corrected chi connectivity index (χ2v) is 5.73. The first-order valence-corrected chi connectivity index (χ1v) is 7.02. The molecule has 1 aromatic heterocycles. The molecule has 2 aromatic rings. The molecule has 0 radical (unpaired) electrons. The first kappa shape index (κ1) is 11.0. The van der Waals surface area contributed by atoms with Crippen LogP contribution in [0.4, 0.5) is 0 Å². The van der Waals surface area contributed by atoms with Crippen LogP contribution >= 0.6 is 0 Å². The number of hydrogen-bond acceptors (Lipinski definition) is 2. The molecule has 2 aliphatic rings. The maximum atomic E-state index is 5.83. The molecule has 0 amide bonds. The van der Waals surface area contributed by atoms with Gasteiger partial charge in [-0.25, -0.2) is 4.98 Å². The van der Waals surface area contributed by atoms with E-state index >= 15 is 0 Å². The molecule has 0 aliphatic heterocycles. The maximum Gasteiger partial charge on any atom is 0.213 e. The molecule has 0 bridgehead atoms. The number of nitrogens with zero attached hydrogens (tertiary/aromatic N) is 1. The van der Waals surface area contributed by atoms with Crippen molar-refractivity contribution in [2.45, 2.75) is 37.7 Å². The first-order chi connectivity index (χ1) is 9.36. The zero-order chi connectivity index (χ0) is 12.7. The van der Waals surface area contributed by atoms with Crippen LogP contribution in [0.5, 0.6) is 5.88 Å². The van der Waals surface area contributed by atoms with Gasteiger partial charge >= 0.3 is 0 Å². The van der Waals surface area contributed by atoms with Crippen LogP contribution in [-0.4, -0.2) is 4.98 Å². The Balaban J connectivity index is 1.54. The monoisotopic (exact) mass is 251 g/mol. The molecular weight excluding hydrogens is 234 g/mol. The Morgan fingerprint density at radius 1 is 1.11 bits per heavy atom. The van der Waals surface area contributed by atoms with Gasteiger partial charge in [0.1, 0.15) is 6.61 Å². The van der Waals surface area contributed by atoms with E-state index in [1.165, 1.54) is 42.4 Å². The number of pyridine rings is 1. The summed E-state index contributed by atoms with van der Waals surface area (Å²) < 4.78 is 5.83. The second kappa shape index (κ2) is 4.09. The van der Waals surface area contributed by atoms with Crippen LogP contribution < -0.4 is 4.74 Å². The molecule has 2 nitrogen and oxygen atoms in total. The van der Waals surface area contributed by atoms with Gasteiger partial charge < -0.3 is 4.74 Å². The lowest BCUT2D eigenvalue weighted by atomic mass is 10.00. The summed E-state index contributed by atoms with van der Waals surface area (Å²) in [5.41, 5.74) is 4.63. The number of benzene rings is 1. The lowest BCUT2D eigenvalue weighted by Crippen LogP contribution is -2.02. The largest absolute Gasteiger partial charge is 0.473 e. The first-order valence-electron chi connectivity index (χ1n) is 7.02. The third-order valence-electron chi connectivity index (χ3n) is 4.49.